The molecule has 0 spiro atoms. The van der Waals surface area contributed by atoms with Crippen molar-refractivity contribution < 1.29 is 13.2 Å². The van der Waals surface area contributed by atoms with Crippen LogP contribution in [0.4, 0.5) is 0 Å². The molecule has 2 heterocycles. The Balaban J connectivity index is 1.88. The van der Waals surface area contributed by atoms with E-state index in [2.05, 4.69) is 10.1 Å². The highest BCUT2D eigenvalue weighted by Crippen LogP contribution is 2.17. The van der Waals surface area contributed by atoms with Crippen molar-refractivity contribution in [1.82, 2.24) is 19.7 Å². The Hall–Kier alpha value is -1.44. The van der Waals surface area contributed by atoms with Crippen LogP contribution in [0.3, 0.4) is 0 Å². The standard InChI is InChI=1S/C10H16N4O3S/c1-18(16,17)9-2-4-13(5-3-9)10(15)6-14-8-11-7-12-14/h7-9H,2-6H2,1H3. The van der Waals surface area contributed by atoms with Gasteiger partial charge in [-0.2, -0.15) is 5.10 Å². The van der Waals surface area contributed by atoms with Gasteiger partial charge in [-0.05, 0) is 12.8 Å². The van der Waals surface area contributed by atoms with Gasteiger partial charge in [-0.1, -0.05) is 0 Å². The molecule has 1 saturated heterocycles. The Morgan fingerprint density at radius 1 is 1.39 bits per heavy atom. The molecule has 0 unspecified atom stereocenters. The number of hydrogen-bond acceptors (Lipinski definition) is 5. The molecule has 7 nitrogen and oxygen atoms in total. The number of carbonyl (C=O) groups excluding carboxylic acids is 1. The summed E-state index contributed by atoms with van der Waals surface area (Å²) in [4.78, 5) is 17.4. The van der Waals surface area contributed by atoms with Crippen molar-refractivity contribution in [3.63, 3.8) is 0 Å². The van der Waals surface area contributed by atoms with Crippen LogP contribution in [0.25, 0.3) is 0 Å². The predicted molar refractivity (Wildman–Crippen MR) is 64.5 cm³/mol. The highest BCUT2D eigenvalue weighted by Gasteiger charge is 2.28. The summed E-state index contributed by atoms with van der Waals surface area (Å²) >= 11 is 0. The molecule has 0 aromatic carbocycles. The van der Waals surface area contributed by atoms with Gasteiger partial charge in [-0.3, -0.25) is 4.79 Å². The topological polar surface area (TPSA) is 85.2 Å². The number of hydrogen-bond donors (Lipinski definition) is 0. The van der Waals surface area contributed by atoms with Crippen molar-refractivity contribution in [3.05, 3.63) is 12.7 Å². The van der Waals surface area contributed by atoms with E-state index >= 15 is 0 Å². The molecule has 100 valence electrons. The van der Waals surface area contributed by atoms with Crippen LogP contribution in [0.15, 0.2) is 12.7 Å². The minimum Gasteiger partial charge on any atom is -0.341 e. The van der Waals surface area contributed by atoms with Crippen LogP contribution in [0.2, 0.25) is 0 Å². The van der Waals surface area contributed by atoms with Gasteiger partial charge >= 0.3 is 0 Å². The molecular formula is C10H16N4O3S. The minimum atomic E-state index is -2.99. The summed E-state index contributed by atoms with van der Waals surface area (Å²) in [5.41, 5.74) is 0. The van der Waals surface area contributed by atoms with Crippen LogP contribution in [0.5, 0.6) is 0 Å². The second-order valence-electron chi connectivity index (χ2n) is 4.50. The molecule has 0 atom stereocenters. The molecule has 0 bridgehead atoms. The number of amides is 1. The molecule has 1 fully saturated rings. The van der Waals surface area contributed by atoms with Gasteiger partial charge in [0.2, 0.25) is 5.91 Å². The second-order valence-corrected chi connectivity index (χ2v) is 6.83. The zero-order valence-electron chi connectivity index (χ0n) is 10.2. The van der Waals surface area contributed by atoms with Gasteiger partial charge in [-0.15, -0.1) is 0 Å². The number of nitrogens with zero attached hydrogens (tertiary/aromatic N) is 4. The predicted octanol–water partition coefficient (Wildman–Crippen LogP) is -0.686. The lowest BCUT2D eigenvalue weighted by atomic mass is 10.1. The molecule has 0 aliphatic carbocycles. The summed E-state index contributed by atoms with van der Waals surface area (Å²) in [6.07, 6.45) is 5.15. The smallest absolute Gasteiger partial charge is 0.244 e. The van der Waals surface area contributed by atoms with Crippen LogP contribution < -0.4 is 0 Å². The molecule has 2 rings (SSSR count). The van der Waals surface area contributed by atoms with Crippen molar-refractivity contribution >= 4 is 15.7 Å². The first-order valence-corrected chi connectivity index (χ1v) is 7.71. The second kappa shape index (κ2) is 5.05. The van der Waals surface area contributed by atoms with Gasteiger partial charge in [0.05, 0.1) is 5.25 Å². The summed E-state index contributed by atoms with van der Waals surface area (Å²) in [5, 5.41) is 3.56. The lowest BCUT2D eigenvalue weighted by Crippen LogP contribution is -2.43. The number of rotatable bonds is 3. The van der Waals surface area contributed by atoms with E-state index in [1.807, 2.05) is 0 Å². The third-order valence-electron chi connectivity index (χ3n) is 3.16. The lowest BCUT2D eigenvalue weighted by Gasteiger charge is -2.31. The molecule has 18 heavy (non-hydrogen) atoms. The van der Waals surface area contributed by atoms with E-state index in [4.69, 9.17) is 0 Å². The summed E-state index contributed by atoms with van der Waals surface area (Å²) in [6, 6.07) is 0. The van der Waals surface area contributed by atoms with Gasteiger partial charge in [0.1, 0.15) is 29.0 Å². The summed E-state index contributed by atoms with van der Waals surface area (Å²) < 4.78 is 24.2. The van der Waals surface area contributed by atoms with Crippen LogP contribution in [0, 0.1) is 0 Å². The Morgan fingerprint density at radius 3 is 2.56 bits per heavy atom. The summed E-state index contributed by atoms with van der Waals surface area (Å²) in [7, 11) is -2.99. The fourth-order valence-corrected chi connectivity index (χ4v) is 3.15. The molecule has 1 amide bonds. The molecule has 0 radical (unpaired) electrons. The van der Waals surface area contributed by atoms with Crippen molar-refractivity contribution in [1.29, 1.82) is 0 Å². The molecule has 0 N–H and O–H groups in total. The van der Waals surface area contributed by atoms with Crippen LogP contribution in [0.1, 0.15) is 12.8 Å². The van der Waals surface area contributed by atoms with Crippen molar-refractivity contribution in [2.45, 2.75) is 24.6 Å². The first kappa shape index (κ1) is 13.0. The Morgan fingerprint density at radius 2 is 2.06 bits per heavy atom. The molecular weight excluding hydrogens is 256 g/mol. The Kier molecular flexibility index (Phi) is 3.65. The largest absolute Gasteiger partial charge is 0.341 e. The quantitative estimate of drug-likeness (QED) is 0.727. The van der Waals surface area contributed by atoms with Gasteiger partial charge in [0.25, 0.3) is 0 Å². The molecule has 1 aliphatic heterocycles. The van der Waals surface area contributed by atoms with E-state index in [1.165, 1.54) is 23.6 Å². The van der Waals surface area contributed by atoms with E-state index < -0.39 is 9.84 Å². The number of likely N-dealkylation sites (tertiary alicyclic amines) is 1. The fraction of sp³-hybridized carbons (Fsp3) is 0.700. The number of aromatic nitrogens is 3. The zero-order chi connectivity index (χ0) is 13.2. The van der Waals surface area contributed by atoms with Gasteiger partial charge in [0, 0.05) is 19.3 Å². The van der Waals surface area contributed by atoms with Crippen molar-refractivity contribution in [2.24, 2.45) is 0 Å². The highest BCUT2D eigenvalue weighted by molar-refractivity contribution is 7.91. The number of piperidine rings is 1. The average molecular weight is 272 g/mol. The van der Waals surface area contributed by atoms with E-state index in [0.717, 1.165) is 0 Å². The number of sulfone groups is 1. The molecule has 1 aliphatic rings. The normalized spacial score (nSPS) is 17.9. The summed E-state index contributed by atoms with van der Waals surface area (Å²) in [5.74, 6) is -0.0487. The monoisotopic (exact) mass is 272 g/mol. The van der Waals surface area contributed by atoms with Gasteiger partial charge < -0.3 is 4.90 Å². The van der Waals surface area contributed by atoms with Crippen molar-refractivity contribution in [2.75, 3.05) is 19.3 Å². The maximum absolute atomic E-state index is 11.9. The minimum absolute atomic E-state index is 0.0487. The third kappa shape index (κ3) is 3.06. The first-order chi connectivity index (χ1) is 8.47. The highest BCUT2D eigenvalue weighted by atomic mass is 32.2. The fourth-order valence-electron chi connectivity index (χ4n) is 2.09. The molecule has 1 aromatic rings. The van der Waals surface area contributed by atoms with Gasteiger partial charge in [0.15, 0.2) is 0 Å². The SMILES string of the molecule is CS(=O)(=O)C1CCN(C(=O)Cn2cncn2)CC1. The lowest BCUT2D eigenvalue weighted by molar-refractivity contribution is -0.132. The maximum atomic E-state index is 11.9. The maximum Gasteiger partial charge on any atom is 0.244 e. The van der Waals surface area contributed by atoms with Crippen LogP contribution in [-0.4, -0.2) is 58.6 Å². The molecule has 0 saturated carbocycles. The van der Waals surface area contributed by atoms with E-state index in [1.54, 1.807) is 4.90 Å². The van der Waals surface area contributed by atoms with E-state index in [-0.39, 0.29) is 17.7 Å². The molecule has 1 aromatic heterocycles. The first-order valence-electron chi connectivity index (χ1n) is 5.76. The van der Waals surface area contributed by atoms with Crippen LogP contribution >= 0.6 is 0 Å². The number of carbonyl (C=O) groups is 1. The molecule has 8 heteroatoms. The Labute approximate surface area is 106 Å². The Bertz CT molecular complexity index is 503. The van der Waals surface area contributed by atoms with E-state index in [0.29, 0.717) is 25.9 Å². The van der Waals surface area contributed by atoms with Gasteiger partial charge in [-0.25, -0.2) is 18.1 Å². The van der Waals surface area contributed by atoms with E-state index in [9.17, 15) is 13.2 Å². The third-order valence-corrected chi connectivity index (χ3v) is 4.85. The van der Waals surface area contributed by atoms with Crippen molar-refractivity contribution in [3.8, 4) is 0 Å². The zero-order valence-corrected chi connectivity index (χ0v) is 11.0. The summed E-state index contributed by atoms with van der Waals surface area (Å²) in [6.45, 7) is 1.14. The van der Waals surface area contributed by atoms with Crippen LogP contribution in [-0.2, 0) is 21.2 Å². The average Bonchev–Trinajstić information content (AvgIpc) is 2.81.